The predicted octanol–water partition coefficient (Wildman–Crippen LogP) is 2.72. The normalized spacial score (nSPS) is 17.5. The van der Waals surface area contributed by atoms with Crippen LogP contribution in [0.25, 0.3) is 0 Å². The summed E-state index contributed by atoms with van der Waals surface area (Å²) in [6.07, 6.45) is 1.26. The second kappa shape index (κ2) is 6.04. The van der Waals surface area contributed by atoms with Crippen LogP contribution in [0, 0.1) is 16.0 Å². The number of hydrogen-bond acceptors (Lipinski definition) is 5. The van der Waals surface area contributed by atoms with E-state index in [4.69, 9.17) is 0 Å². The van der Waals surface area contributed by atoms with E-state index < -0.39 is 10.8 Å². The third kappa shape index (κ3) is 2.94. The molecule has 0 N–H and O–H groups in total. The largest absolute Gasteiger partial charge is 0.320 e. The number of thioether (sulfide) groups is 1. The van der Waals surface area contributed by atoms with E-state index in [-0.39, 0.29) is 17.3 Å². The molecule has 0 aliphatic carbocycles. The third-order valence-electron chi connectivity index (χ3n) is 3.63. The van der Waals surface area contributed by atoms with Crippen molar-refractivity contribution in [1.82, 2.24) is 9.78 Å². The van der Waals surface area contributed by atoms with E-state index in [0.717, 1.165) is 16.3 Å². The molecule has 1 aromatic carbocycles. The minimum Gasteiger partial charge on any atom is -0.305 e. The van der Waals surface area contributed by atoms with Gasteiger partial charge in [-0.15, -0.1) is 11.8 Å². The van der Waals surface area contributed by atoms with Gasteiger partial charge >= 0.3 is 5.69 Å². The smallest absolute Gasteiger partial charge is 0.305 e. The lowest BCUT2D eigenvalue weighted by molar-refractivity contribution is -0.385. The molecule has 120 valence electrons. The van der Waals surface area contributed by atoms with Gasteiger partial charge in [0, 0.05) is 24.2 Å². The number of hydrogen-bond donors (Lipinski definition) is 0. The molecule has 23 heavy (non-hydrogen) atoms. The van der Waals surface area contributed by atoms with Gasteiger partial charge in [0.25, 0.3) is 5.91 Å². The average molecular weight is 332 g/mol. The van der Waals surface area contributed by atoms with E-state index in [9.17, 15) is 14.9 Å². The van der Waals surface area contributed by atoms with Crippen molar-refractivity contribution in [3.8, 4) is 0 Å². The first-order valence-corrected chi connectivity index (χ1v) is 8.17. The number of carbonyl (C=O) groups excluding carboxylic acids is 1. The van der Waals surface area contributed by atoms with Crippen molar-refractivity contribution in [2.24, 2.45) is 13.0 Å². The summed E-state index contributed by atoms with van der Waals surface area (Å²) in [5.74, 6) is 0.740. The molecular weight excluding hydrogens is 316 g/mol. The summed E-state index contributed by atoms with van der Waals surface area (Å²) >= 11 is 1.70. The number of rotatable bonds is 2. The maximum Gasteiger partial charge on any atom is 0.320 e. The number of para-hydroxylation sites is 1. The van der Waals surface area contributed by atoms with E-state index in [0.29, 0.717) is 6.54 Å². The van der Waals surface area contributed by atoms with Crippen molar-refractivity contribution in [3.05, 3.63) is 46.3 Å². The topological polar surface area (TPSA) is 81.3 Å². The number of nitrogens with zero attached hydrogens (tertiary/aromatic N) is 4. The molecule has 0 radical (unpaired) electrons. The number of aromatic nitrogens is 2. The molecule has 0 spiro atoms. The van der Waals surface area contributed by atoms with Gasteiger partial charge in [-0.05, 0) is 18.1 Å². The molecule has 0 saturated carbocycles. The van der Waals surface area contributed by atoms with Gasteiger partial charge in [0.05, 0.1) is 10.6 Å². The molecule has 3 rings (SSSR count). The molecule has 0 saturated heterocycles. The van der Waals surface area contributed by atoms with E-state index >= 15 is 0 Å². The van der Waals surface area contributed by atoms with E-state index in [1.54, 1.807) is 23.7 Å². The van der Waals surface area contributed by atoms with Crippen molar-refractivity contribution in [2.75, 3.05) is 17.2 Å². The van der Waals surface area contributed by atoms with Crippen LogP contribution in [-0.2, 0) is 7.05 Å². The zero-order valence-corrected chi connectivity index (χ0v) is 13.6. The maximum atomic E-state index is 12.9. The Labute approximate surface area is 137 Å². The molecule has 0 unspecified atom stereocenters. The van der Waals surface area contributed by atoms with Crippen LogP contribution in [0.1, 0.15) is 17.4 Å². The van der Waals surface area contributed by atoms with Crippen molar-refractivity contribution < 1.29 is 9.72 Å². The fourth-order valence-electron chi connectivity index (χ4n) is 2.58. The lowest BCUT2D eigenvalue weighted by Crippen LogP contribution is -2.35. The van der Waals surface area contributed by atoms with E-state index in [1.807, 2.05) is 24.3 Å². The van der Waals surface area contributed by atoms with Gasteiger partial charge in [-0.1, -0.05) is 19.1 Å². The molecule has 0 fully saturated rings. The van der Waals surface area contributed by atoms with Gasteiger partial charge in [0.15, 0.2) is 0 Å². The molecule has 2 aromatic rings. The number of amides is 1. The Balaban J connectivity index is 2.06. The number of benzene rings is 1. The van der Waals surface area contributed by atoms with Crippen molar-refractivity contribution in [1.29, 1.82) is 0 Å². The molecule has 7 nitrogen and oxygen atoms in total. The molecular formula is C15H16N4O3S. The molecule has 8 heteroatoms. The number of nitro groups is 1. The third-order valence-corrected chi connectivity index (χ3v) is 5.02. The average Bonchev–Trinajstić information content (AvgIpc) is 2.84. The van der Waals surface area contributed by atoms with Crippen molar-refractivity contribution >= 4 is 29.0 Å². The van der Waals surface area contributed by atoms with Gasteiger partial charge in [-0.2, -0.15) is 5.10 Å². The zero-order valence-electron chi connectivity index (χ0n) is 12.8. The fourth-order valence-corrected chi connectivity index (χ4v) is 3.65. The summed E-state index contributed by atoms with van der Waals surface area (Å²) in [5, 5.41) is 15.2. The number of carbonyl (C=O) groups is 1. The highest BCUT2D eigenvalue weighted by Crippen LogP contribution is 2.36. The van der Waals surface area contributed by atoms with Crippen LogP contribution in [0.4, 0.5) is 11.4 Å². The Bertz CT molecular complexity index is 774. The molecule has 1 aromatic heterocycles. The standard InChI is InChI=1S/C15H16N4O3S/c1-10-7-18(11-5-3-4-6-13(11)23-9-10)15(20)14-12(19(21)22)8-17(2)16-14/h3-6,8,10H,7,9H2,1-2H3/t10-/m1/s1. The van der Waals surface area contributed by atoms with Crippen LogP contribution in [0.2, 0.25) is 0 Å². The van der Waals surface area contributed by atoms with Crippen LogP contribution >= 0.6 is 11.8 Å². The second-order valence-corrected chi connectivity index (χ2v) is 6.66. The van der Waals surface area contributed by atoms with Gasteiger partial charge < -0.3 is 4.90 Å². The Hall–Kier alpha value is -2.35. The summed E-state index contributed by atoms with van der Waals surface area (Å²) in [5.41, 5.74) is 0.401. The van der Waals surface area contributed by atoms with Crippen molar-refractivity contribution in [3.63, 3.8) is 0 Å². The highest BCUT2D eigenvalue weighted by atomic mass is 32.2. The first-order valence-electron chi connectivity index (χ1n) is 7.19. The summed E-state index contributed by atoms with van der Waals surface area (Å²) in [6, 6.07) is 7.62. The molecule has 0 bridgehead atoms. The Morgan fingerprint density at radius 1 is 1.43 bits per heavy atom. The van der Waals surface area contributed by atoms with Crippen LogP contribution in [0.5, 0.6) is 0 Å². The number of anilines is 1. The highest BCUT2D eigenvalue weighted by molar-refractivity contribution is 7.99. The minimum absolute atomic E-state index is 0.119. The lowest BCUT2D eigenvalue weighted by Gasteiger charge is -2.23. The number of fused-ring (bicyclic) bond motifs is 1. The van der Waals surface area contributed by atoms with E-state index in [2.05, 4.69) is 12.0 Å². The van der Waals surface area contributed by atoms with Crippen molar-refractivity contribution in [2.45, 2.75) is 11.8 Å². The quantitative estimate of drug-likeness (QED) is 0.624. The van der Waals surface area contributed by atoms with Gasteiger partial charge in [0.1, 0.15) is 6.20 Å². The van der Waals surface area contributed by atoms with Crippen LogP contribution in [0.3, 0.4) is 0 Å². The molecule has 1 aliphatic heterocycles. The molecule has 1 aliphatic rings. The predicted molar refractivity (Wildman–Crippen MR) is 87.9 cm³/mol. The van der Waals surface area contributed by atoms with Gasteiger partial charge in [-0.25, -0.2) is 0 Å². The summed E-state index contributed by atoms with van der Waals surface area (Å²) in [4.78, 5) is 26.2. The fraction of sp³-hybridized carbons (Fsp3) is 0.333. The molecule has 1 atom stereocenters. The van der Waals surface area contributed by atoms with E-state index in [1.165, 1.54) is 10.9 Å². The Morgan fingerprint density at radius 3 is 2.91 bits per heavy atom. The minimum atomic E-state index is -0.567. The van der Waals surface area contributed by atoms with Crippen LogP contribution in [-0.4, -0.2) is 32.9 Å². The maximum absolute atomic E-state index is 12.9. The van der Waals surface area contributed by atoms with Crippen LogP contribution in [0.15, 0.2) is 35.4 Å². The SMILES string of the molecule is C[C@H]1CSc2ccccc2N(C(=O)c2nn(C)cc2[N+](=O)[O-])C1. The summed E-state index contributed by atoms with van der Waals surface area (Å²) in [6.45, 7) is 2.57. The molecule has 1 amide bonds. The first-order chi connectivity index (χ1) is 11.0. The number of aryl methyl sites for hydroxylation is 1. The van der Waals surface area contributed by atoms with Crippen LogP contribution < -0.4 is 4.90 Å². The molecule has 2 heterocycles. The van der Waals surface area contributed by atoms with Gasteiger partial charge in [0.2, 0.25) is 5.69 Å². The monoisotopic (exact) mass is 332 g/mol. The lowest BCUT2D eigenvalue weighted by atomic mass is 10.1. The summed E-state index contributed by atoms with van der Waals surface area (Å²) < 4.78 is 1.30. The Kier molecular flexibility index (Phi) is 4.08. The zero-order chi connectivity index (χ0) is 16.6. The summed E-state index contributed by atoms with van der Waals surface area (Å²) in [7, 11) is 1.57. The van der Waals surface area contributed by atoms with Gasteiger partial charge in [-0.3, -0.25) is 19.6 Å². The Morgan fingerprint density at radius 2 is 2.17 bits per heavy atom. The highest BCUT2D eigenvalue weighted by Gasteiger charge is 2.32. The second-order valence-electron chi connectivity index (χ2n) is 5.59. The first kappa shape index (κ1) is 15.5.